The molecule has 1 unspecified atom stereocenters. The maximum atomic E-state index is 12.2. The third-order valence-corrected chi connectivity index (χ3v) is 3.55. The summed E-state index contributed by atoms with van der Waals surface area (Å²) in [6, 6.07) is 7.59. The molecular formula is C16H21N3O. The number of nitrogens with one attached hydrogen (secondary N) is 1. The fraction of sp³-hybridized carbons (Fsp3) is 0.375. The van der Waals surface area contributed by atoms with Gasteiger partial charge in [-0.2, -0.15) is 5.10 Å². The fourth-order valence-corrected chi connectivity index (χ4v) is 2.02. The summed E-state index contributed by atoms with van der Waals surface area (Å²) in [5, 5.41) is 7.39. The van der Waals surface area contributed by atoms with E-state index in [2.05, 4.69) is 10.4 Å². The lowest BCUT2D eigenvalue weighted by Gasteiger charge is -2.12. The zero-order valence-electron chi connectivity index (χ0n) is 12.5. The second-order valence-corrected chi connectivity index (χ2v) is 5.09. The van der Waals surface area contributed by atoms with Crippen molar-refractivity contribution in [1.82, 2.24) is 15.1 Å². The number of hydrogen-bond donors (Lipinski definition) is 1. The molecule has 2 aromatic rings. The summed E-state index contributed by atoms with van der Waals surface area (Å²) in [5.74, 6) is -0.0633. The van der Waals surface area contributed by atoms with Crippen LogP contribution in [0.2, 0.25) is 0 Å². The molecule has 0 aliphatic rings. The third kappa shape index (κ3) is 3.07. The average Bonchev–Trinajstić information content (AvgIpc) is 2.90. The first kappa shape index (κ1) is 14.3. The second-order valence-electron chi connectivity index (χ2n) is 5.09. The van der Waals surface area contributed by atoms with Crippen molar-refractivity contribution in [2.45, 2.75) is 40.3 Å². The molecule has 1 N–H and O–H groups in total. The van der Waals surface area contributed by atoms with Crippen LogP contribution in [0.3, 0.4) is 0 Å². The van der Waals surface area contributed by atoms with Gasteiger partial charge in [0.05, 0.1) is 11.7 Å². The van der Waals surface area contributed by atoms with Crippen molar-refractivity contribution >= 4 is 5.91 Å². The van der Waals surface area contributed by atoms with E-state index in [-0.39, 0.29) is 11.9 Å². The van der Waals surface area contributed by atoms with Gasteiger partial charge in [0.15, 0.2) is 0 Å². The van der Waals surface area contributed by atoms with Crippen LogP contribution in [-0.2, 0) is 6.54 Å². The van der Waals surface area contributed by atoms with Crippen LogP contribution in [-0.4, -0.2) is 15.7 Å². The Morgan fingerprint density at radius 2 is 2.05 bits per heavy atom. The highest BCUT2D eigenvalue weighted by Crippen LogP contribution is 2.13. The van der Waals surface area contributed by atoms with E-state index in [0.29, 0.717) is 5.56 Å². The maximum Gasteiger partial charge on any atom is 0.251 e. The quantitative estimate of drug-likeness (QED) is 0.929. The van der Waals surface area contributed by atoms with Gasteiger partial charge in [0.2, 0.25) is 0 Å². The fourth-order valence-electron chi connectivity index (χ4n) is 2.02. The molecule has 4 nitrogen and oxygen atoms in total. The summed E-state index contributed by atoms with van der Waals surface area (Å²) < 4.78 is 1.86. The Bertz CT molecular complexity index is 616. The summed E-state index contributed by atoms with van der Waals surface area (Å²) in [6.45, 7) is 8.86. The van der Waals surface area contributed by atoms with E-state index in [1.807, 2.05) is 62.8 Å². The Hall–Kier alpha value is -2.10. The van der Waals surface area contributed by atoms with E-state index in [1.165, 1.54) is 5.56 Å². The zero-order valence-corrected chi connectivity index (χ0v) is 12.5. The zero-order chi connectivity index (χ0) is 14.7. The number of hydrogen-bond acceptors (Lipinski definition) is 2. The lowest BCUT2D eigenvalue weighted by atomic mass is 10.1. The van der Waals surface area contributed by atoms with Gasteiger partial charge in [0.1, 0.15) is 0 Å². The van der Waals surface area contributed by atoms with Gasteiger partial charge >= 0.3 is 0 Å². The first-order valence-electron chi connectivity index (χ1n) is 6.92. The number of nitrogens with zero attached hydrogens (tertiary/aromatic N) is 2. The SMILES string of the molecule is CCn1ccc(C(C)NC(=O)c2ccc(C)c(C)c2)n1. The number of amides is 1. The van der Waals surface area contributed by atoms with Crippen molar-refractivity contribution in [3.05, 3.63) is 52.8 Å². The molecule has 20 heavy (non-hydrogen) atoms. The molecule has 0 aliphatic carbocycles. The van der Waals surface area contributed by atoms with Gasteiger partial charge in [-0.3, -0.25) is 9.48 Å². The second kappa shape index (κ2) is 5.90. The van der Waals surface area contributed by atoms with Crippen molar-refractivity contribution in [2.75, 3.05) is 0 Å². The van der Waals surface area contributed by atoms with Crippen LogP contribution in [0, 0.1) is 13.8 Å². The minimum Gasteiger partial charge on any atom is -0.344 e. The minimum atomic E-state index is -0.100. The van der Waals surface area contributed by atoms with Crippen molar-refractivity contribution < 1.29 is 4.79 Å². The molecule has 0 radical (unpaired) electrons. The number of aromatic nitrogens is 2. The first-order valence-corrected chi connectivity index (χ1v) is 6.92. The first-order chi connectivity index (χ1) is 9.51. The predicted octanol–water partition coefficient (Wildman–Crippen LogP) is 3.01. The van der Waals surface area contributed by atoms with E-state index in [1.54, 1.807) is 0 Å². The third-order valence-electron chi connectivity index (χ3n) is 3.55. The maximum absolute atomic E-state index is 12.2. The number of benzene rings is 1. The minimum absolute atomic E-state index is 0.0633. The largest absolute Gasteiger partial charge is 0.344 e. The normalized spacial score (nSPS) is 12.2. The molecule has 1 aromatic heterocycles. The molecule has 4 heteroatoms. The van der Waals surface area contributed by atoms with Crippen LogP contribution in [0.15, 0.2) is 30.5 Å². The van der Waals surface area contributed by atoms with Gasteiger partial charge in [0.25, 0.3) is 5.91 Å². The molecule has 0 fully saturated rings. The summed E-state index contributed by atoms with van der Waals surface area (Å²) in [4.78, 5) is 12.2. The number of carbonyl (C=O) groups is 1. The summed E-state index contributed by atoms with van der Waals surface area (Å²) >= 11 is 0. The van der Waals surface area contributed by atoms with E-state index in [9.17, 15) is 4.79 Å². The van der Waals surface area contributed by atoms with Crippen LogP contribution in [0.1, 0.15) is 47.1 Å². The molecule has 1 atom stereocenters. The Morgan fingerprint density at radius 3 is 2.65 bits per heavy atom. The lowest BCUT2D eigenvalue weighted by molar-refractivity contribution is 0.0939. The van der Waals surface area contributed by atoms with Crippen molar-refractivity contribution in [3.63, 3.8) is 0 Å². The van der Waals surface area contributed by atoms with Crippen molar-refractivity contribution in [2.24, 2.45) is 0 Å². The van der Waals surface area contributed by atoms with Gasteiger partial charge in [-0.15, -0.1) is 0 Å². The Labute approximate surface area is 119 Å². The smallest absolute Gasteiger partial charge is 0.251 e. The molecule has 1 amide bonds. The Balaban J connectivity index is 2.08. The number of rotatable bonds is 4. The summed E-state index contributed by atoms with van der Waals surface area (Å²) in [7, 11) is 0. The highest BCUT2D eigenvalue weighted by molar-refractivity contribution is 5.94. The van der Waals surface area contributed by atoms with Gasteiger partial charge in [-0.25, -0.2) is 0 Å². The molecule has 106 valence electrons. The highest BCUT2D eigenvalue weighted by atomic mass is 16.1. The lowest BCUT2D eigenvalue weighted by Crippen LogP contribution is -2.27. The van der Waals surface area contributed by atoms with Crippen LogP contribution in [0.4, 0.5) is 0 Å². The highest BCUT2D eigenvalue weighted by Gasteiger charge is 2.13. The molecule has 0 saturated heterocycles. The number of aryl methyl sites for hydroxylation is 3. The van der Waals surface area contributed by atoms with Crippen molar-refractivity contribution in [3.8, 4) is 0 Å². The van der Waals surface area contributed by atoms with Crippen LogP contribution >= 0.6 is 0 Å². The van der Waals surface area contributed by atoms with Gasteiger partial charge in [0, 0.05) is 18.3 Å². The molecule has 1 aromatic carbocycles. The standard InChI is InChI=1S/C16H21N3O/c1-5-19-9-8-15(18-19)13(4)17-16(20)14-7-6-11(2)12(3)10-14/h6-10,13H,5H2,1-4H3,(H,17,20). The summed E-state index contributed by atoms with van der Waals surface area (Å²) in [6.07, 6.45) is 1.92. The average molecular weight is 271 g/mol. The molecule has 0 bridgehead atoms. The Kier molecular flexibility index (Phi) is 4.23. The van der Waals surface area contributed by atoms with Crippen molar-refractivity contribution in [1.29, 1.82) is 0 Å². The van der Waals surface area contributed by atoms with E-state index in [4.69, 9.17) is 0 Å². The molecule has 1 heterocycles. The van der Waals surface area contributed by atoms with Gasteiger partial charge in [-0.05, 0) is 57.0 Å². The monoisotopic (exact) mass is 271 g/mol. The van der Waals surface area contributed by atoms with E-state index < -0.39 is 0 Å². The molecule has 0 spiro atoms. The number of carbonyl (C=O) groups excluding carboxylic acids is 1. The molecule has 2 rings (SSSR count). The van der Waals surface area contributed by atoms with Crippen LogP contribution < -0.4 is 5.32 Å². The van der Waals surface area contributed by atoms with Crippen LogP contribution in [0.5, 0.6) is 0 Å². The molecular weight excluding hydrogens is 250 g/mol. The Morgan fingerprint density at radius 1 is 1.30 bits per heavy atom. The van der Waals surface area contributed by atoms with Gasteiger partial charge < -0.3 is 5.32 Å². The molecule has 0 saturated carbocycles. The topological polar surface area (TPSA) is 46.9 Å². The van der Waals surface area contributed by atoms with E-state index >= 15 is 0 Å². The predicted molar refractivity (Wildman–Crippen MR) is 79.7 cm³/mol. The van der Waals surface area contributed by atoms with Gasteiger partial charge in [-0.1, -0.05) is 6.07 Å². The van der Waals surface area contributed by atoms with Crippen LogP contribution in [0.25, 0.3) is 0 Å². The van der Waals surface area contributed by atoms with E-state index in [0.717, 1.165) is 17.8 Å². The summed E-state index contributed by atoms with van der Waals surface area (Å²) in [5.41, 5.74) is 3.88. The molecule has 0 aliphatic heterocycles.